The molecule has 1 rings (SSSR count). The summed E-state index contributed by atoms with van der Waals surface area (Å²) in [5, 5.41) is 60.1. The van der Waals surface area contributed by atoms with E-state index in [4.69, 9.17) is 10.8 Å². The molecular weight excluding hydrogens is 855 g/mol. The molecule has 1 aromatic carbocycles. The number of hydrogen-bond acceptors (Lipinski definition) is 14. The van der Waals surface area contributed by atoms with Gasteiger partial charge >= 0.3 is 42.0 Å². The third kappa shape index (κ3) is 23.8. The van der Waals surface area contributed by atoms with Gasteiger partial charge in [0.1, 0.15) is 36.8 Å². The number of amides is 7. The molecule has 0 aliphatic heterocycles. The summed E-state index contributed by atoms with van der Waals surface area (Å²) in [5.41, 5.74) is 5.44. The standard InChI is InChI=1S/C35H49N7O17S2/c1-18(37-25(43)11-8-20(31(51)52)41-35(58)42-21(32(53)54)9-12-27(45)46)7-10-26(44)38-23(16-28(47)48)30(50)39-22(15-19-5-3-2-4-6-19)29(49)40-24(33(55)56)17-61-60-14-13-59-34(36)57/h2-6,18,20-24H,7-17H2,1H3,(H2,36,57)(H,37,43)(H,38,44)(H,39,50)(H,40,49)(H,45,46)(H,47,48)(H,51,52)(H,53,54)(H,55,56)(H2,41,42,58)/t18-,20+,21+,22-,23+,24-/m1/s1. The van der Waals surface area contributed by atoms with Gasteiger partial charge in [0.2, 0.25) is 23.6 Å². The van der Waals surface area contributed by atoms with Crippen molar-refractivity contribution >= 4 is 87.2 Å². The summed E-state index contributed by atoms with van der Waals surface area (Å²) in [6, 6.07) is -1.55. The lowest BCUT2D eigenvalue weighted by Gasteiger charge is -2.24. The van der Waals surface area contributed by atoms with E-state index < -0.39 is 134 Å². The summed E-state index contributed by atoms with van der Waals surface area (Å²) in [6.07, 6.45) is -4.42. The van der Waals surface area contributed by atoms with E-state index in [1.54, 1.807) is 30.3 Å². The van der Waals surface area contributed by atoms with E-state index >= 15 is 0 Å². The van der Waals surface area contributed by atoms with E-state index in [-0.39, 0.29) is 37.4 Å². The van der Waals surface area contributed by atoms with Gasteiger partial charge in [-0.15, -0.1) is 0 Å². The molecule has 0 heterocycles. The van der Waals surface area contributed by atoms with Gasteiger partial charge in [0.25, 0.3) is 0 Å². The second-order valence-electron chi connectivity index (χ2n) is 13.0. The van der Waals surface area contributed by atoms with Crippen molar-refractivity contribution in [3.63, 3.8) is 0 Å². The van der Waals surface area contributed by atoms with Gasteiger partial charge < -0.3 is 67.9 Å². The van der Waals surface area contributed by atoms with Crippen molar-refractivity contribution in [2.75, 3.05) is 18.1 Å². The van der Waals surface area contributed by atoms with Crippen molar-refractivity contribution in [3.8, 4) is 0 Å². The van der Waals surface area contributed by atoms with Crippen LogP contribution in [0.5, 0.6) is 0 Å². The maximum absolute atomic E-state index is 13.4. The number of urea groups is 1. The first-order chi connectivity index (χ1) is 28.7. The molecule has 0 unspecified atom stereocenters. The number of primary amides is 1. The molecule has 0 radical (unpaired) electrons. The fraction of sp³-hybridized carbons (Fsp3) is 0.514. The maximum Gasteiger partial charge on any atom is 0.404 e. The Balaban J connectivity index is 2.86. The number of benzene rings is 1. The summed E-state index contributed by atoms with van der Waals surface area (Å²) < 4.78 is 4.59. The molecule has 26 heteroatoms. The molecule has 0 aromatic heterocycles. The minimum absolute atomic E-state index is 0.0342. The highest BCUT2D eigenvalue weighted by Gasteiger charge is 2.31. The van der Waals surface area contributed by atoms with Crippen LogP contribution < -0.4 is 37.6 Å². The van der Waals surface area contributed by atoms with Gasteiger partial charge in [-0.25, -0.2) is 24.0 Å². The van der Waals surface area contributed by atoms with E-state index in [0.29, 0.717) is 5.56 Å². The highest BCUT2D eigenvalue weighted by Crippen LogP contribution is 2.22. The molecule has 6 atom stereocenters. The predicted molar refractivity (Wildman–Crippen MR) is 214 cm³/mol. The molecule has 0 aliphatic rings. The minimum atomic E-state index is -1.70. The van der Waals surface area contributed by atoms with Crippen molar-refractivity contribution in [1.82, 2.24) is 31.9 Å². The highest BCUT2D eigenvalue weighted by molar-refractivity contribution is 8.76. The van der Waals surface area contributed by atoms with Crippen LogP contribution in [0, 0.1) is 0 Å². The molecule has 61 heavy (non-hydrogen) atoms. The number of nitrogens with one attached hydrogen (secondary N) is 6. The van der Waals surface area contributed by atoms with E-state index in [1.807, 2.05) is 10.6 Å². The number of hydrogen-bond donors (Lipinski definition) is 12. The maximum atomic E-state index is 13.4. The average Bonchev–Trinajstić information content (AvgIpc) is 3.17. The lowest BCUT2D eigenvalue weighted by molar-refractivity contribution is -0.142. The first-order valence-corrected chi connectivity index (χ1v) is 20.8. The molecule has 0 bridgehead atoms. The molecule has 24 nitrogen and oxygen atoms in total. The van der Waals surface area contributed by atoms with Crippen LogP contribution >= 0.6 is 21.6 Å². The predicted octanol–water partition coefficient (Wildman–Crippen LogP) is -1.14. The normalized spacial score (nSPS) is 13.6. The van der Waals surface area contributed by atoms with Crippen LogP contribution in [0.3, 0.4) is 0 Å². The lowest BCUT2D eigenvalue weighted by atomic mass is 10.0. The number of carboxylic acids is 5. The SMILES string of the molecule is C[C@H](CCC(=O)N[C@@H](CC(=O)O)C(=O)N[C@H](Cc1ccccc1)C(=O)N[C@H](CSSCCOC(N)=O)C(=O)O)NC(=O)CC[C@H](NC(=O)N[C@@H](CCC(=O)O)C(=O)O)C(=O)O. The topological polar surface area (TPSA) is 396 Å². The Morgan fingerprint density at radius 3 is 1.67 bits per heavy atom. The zero-order valence-electron chi connectivity index (χ0n) is 32.7. The third-order valence-electron chi connectivity index (χ3n) is 8.02. The van der Waals surface area contributed by atoms with Crippen LogP contribution in [-0.4, -0.2) is 145 Å². The molecule has 0 saturated carbocycles. The summed E-state index contributed by atoms with van der Waals surface area (Å²) in [5.74, 6) is -10.7. The first-order valence-electron chi connectivity index (χ1n) is 18.3. The van der Waals surface area contributed by atoms with Crippen molar-refractivity contribution in [2.24, 2.45) is 5.73 Å². The number of nitrogens with two attached hydrogens (primary N) is 1. The van der Waals surface area contributed by atoms with Gasteiger partial charge in [-0.05, 0) is 31.7 Å². The van der Waals surface area contributed by atoms with Gasteiger partial charge in [0.05, 0.1) is 6.42 Å². The number of aliphatic carboxylic acids is 5. The smallest absolute Gasteiger partial charge is 0.404 e. The van der Waals surface area contributed by atoms with Crippen molar-refractivity contribution in [3.05, 3.63) is 35.9 Å². The van der Waals surface area contributed by atoms with E-state index in [0.717, 1.165) is 21.6 Å². The van der Waals surface area contributed by atoms with Crippen molar-refractivity contribution in [2.45, 2.75) is 94.5 Å². The van der Waals surface area contributed by atoms with Gasteiger partial charge in [0, 0.05) is 43.2 Å². The Hall–Kier alpha value is -6.31. The molecule has 0 spiro atoms. The zero-order chi connectivity index (χ0) is 46.1. The number of ether oxygens (including phenoxy) is 1. The fourth-order valence-electron chi connectivity index (χ4n) is 4.96. The Labute approximate surface area is 355 Å². The summed E-state index contributed by atoms with van der Waals surface area (Å²) >= 11 is 0. The van der Waals surface area contributed by atoms with E-state index in [2.05, 4.69) is 26.0 Å². The molecule has 0 aliphatic carbocycles. The van der Waals surface area contributed by atoms with Crippen LogP contribution in [0.15, 0.2) is 30.3 Å². The van der Waals surface area contributed by atoms with Crippen molar-refractivity contribution < 1.29 is 83.0 Å². The fourth-order valence-corrected chi connectivity index (χ4v) is 6.95. The first kappa shape index (κ1) is 52.7. The quantitative estimate of drug-likeness (QED) is 0.0320. The van der Waals surface area contributed by atoms with E-state index in [1.165, 1.54) is 6.92 Å². The molecule has 338 valence electrons. The molecular formula is C35H49N7O17S2. The second kappa shape index (κ2) is 28.2. The van der Waals surface area contributed by atoms with Gasteiger partial charge in [-0.2, -0.15) is 0 Å². The Morgan fingerprint density at radius 2 is 1.13 bits per heavy atom. The number of carbonyl (C=O) groups is 11. The number of rotatable bonds is 30. The van der Waals surface area contributed by atoms with Crippen LogP contribution in [0.2, 0.25) is 0 Å². The molecule has 13 N–H and O–H groups in total. The van der Waals surface area contributed by atoms with Crippen LogP contribution in [-0.2, 0) is 54.3 Å². The molecule has 0 fully saturated rings. The summed E-state index contributed by atoms with van der Waals surface area (Å²) in [6.45, 7) is 1.45. The van der Waals surface area contributed by atoms with Crippen LogP contribution in [0.4, 0.5) is 9.59 Å². The molecule has 1 aromatic rings. The number of carboxylic acid groups (broad SMARTS) is 5. The second-order valence-corrected chi connectivity index (χ2v) is 15.6. The van der Waals surface area contributed by atoms with Crippen molar-refractivity contribution in [1.29, 1.82) is 0 Å². The largest absolute Gasteiger partial charge is 0.481 e. The highest BCUT2D eigenvalue weighted by atomic mass is 33.1. The third-order valence-corrected chi connectivity index (χ3v) is 10.4. The Morgan fingerprint density at radius 1 is 0.607 bits per heavy atom. The van der Waals surface area contributed by atoms with Gasteiger partial charge in [0.15, 0.2) is 0 Å². The Bertz CT molecular complexity index is 1720. The monoisotopic (exact) mass is 903 g/mol. The Kier molecular flexibility index (Phi) is 24.4. The van der Waals surface area contributed by atoms with Crippen LogP contribution in [0.25, 0.3) is 0 Å². The molecule has 0 saturated heterocycles. The average molecular weight is 904 g/mol. The lowest BCUT2D eigenvalue weighted by Crippen LogP contribution is -2.57. The minimum Gasteiger partial charge on any atom is -0.481 e. The van der Waals surface area contributed by atoms with Gasteiger partial charge in [-0.1, -0.05) is 51.9 Å². The summed E-state index contributed by atoms with van der Waals surface area (Å²) in [4.78, 5) is 133. The van der Waals surface area contributed by atoms with E-state index in [9.17, 15) is 73.2 Å². The molecule has 7 amide bonds. The summed E-state index contributed by atoms with van der Waals surface area (Å²) in [7, 11) is 2.20. The zero-order valence-corrected chi connectivity index (χ0v) is 34.3. The number of carbonyl (C=O) groups excluding carboxylic acids is 6. The van der Waals surface area contributed by atoms with Gasteiger partial charge in [-0.3, -0.25) is 28.8 Å². The van der Waals surface area contributed by atoms with Crippen LogP contribution in [0.1, 0.15) is 57.4 Å².